The quantitative estimate of drug-likeness (QED) is 0.722. The smallest absolute Gasteiger partial charge is 0.261 e. The van der Waals surface area contributed by atoms with Gasteiger partial charge in [-0.25, -0.2) is 5.10 Å². The predicted molar refractivity (Wildman–Crippen MR) is 65.3 cm³/mol. The van der Waals surface area contributed by atoms with Crippen LogP contribution < -0.4 is 5.32 Å². The van der Waals surface area contributed by atoms with E-state index in [1.165, 1.54) is 19.1 Å². The number of carbonyl (C=O) groups excluding carboxylic acids is 2. The Bertz CT molecular complexity index is 641. The third kappa shape index (κ3) is 2.68. The molecule has 0 aliphatic heterocycles. The Hall–Kier alpha value is -2.48. The van der Waals surface area contributed by atoms with Crippen LogP contribution in [0.2, 0.25) is 5.02 Å². The highest BCUT2D eigenvalue weighted by molar-refractivity contribution is 6.31. The fourth-order valence-corrected chi connectivity index (χ4v) is 1.65. The summed E-state index contributed by atoms with van der Waals surface area (Å²) in [4.78, 5) is 23.2. The van der Waals surface area contributed by atoms with Crippen LogP contribution in [-0.2, 0) is 0 Å². The second-order valence-electron chi connectivity index (χ2n) is 3.61. The average molecular weight is 282 g/mol. The Labute approximate surface area is 111 Å². The van der Waals surface area contributed by atoms with Gasteiger partial charge in [-0.15, -0.1) is 0 Å². The molecular weight excluding hydrogens is 274 g/mol. The van der Waals surface area contributed by atoms with Crippen LogP contribution >= 0.6 is 11.6 Å². The fourth-order valence-electron chi connectivity index (χ4n) is 1.43. The molecule has 0 aliphatic rings. The molecule has 2 rings (SSSR count). The lowest BCUT2D eigenvalue weighted by Gasteiger charge is -2.08. The highest BCUT2D eigenvalue weighted by atomic mass is 35.5. The summed E-state index contributed by atoms with van der Waals surface area (Å²) < 4.78 is 0. The molecule has 0 saturated heterocycles. The summed E-state index contributed by atoms with van der Waals surface area (Å²) in [5.74, 6) is -1.54. The van der Waals surface area contributed by atoms with Crippen LogP contribution in [0.4, 0.5) is 5.95 Å². The molecule has 1 heterocycles. The van der Waals surface area contributed by atoms with Gasteiger partial charge >= 0.3 is 0 Å². The maximum absolute atomic E-state index is 11.9. The van der Waals surface area contributed by atoms with Gasteiger partial charge in [-0.05, 0) is 29.5 Å². The van der Waals surface area contributed by atoms with Crippen LogP contribution in [-0.4, -0.2) is 37.4 Å². The first-order chi connectivity index (χ1) is 8.99. The number of nitrogens with one attached hydrogen (secondary N) is 2. The number of aromatic hydroxyl groups is 1. The van der Waals surface area contributed by atoms with Crippen molar-refractivity contribution in [3.63, 3.8) is 0 Å². The molecule has 0 radical (unpaired) electrons. The minimum atomic E-state index is -0.693. The predicted octanol–water partition coefficient (Wildman–Crippen LogP) is 1.01. The maximum atomic E-state index is 11.9. The number of aromatic amines is 1. The molecule has 9 heteroatoms. The van der Waals surface area contributed by atoms with E-state index in [-0.39, 0.29) is 22.1 Å². The van der Waals surface area contributed by atoms with Crippen molar-refractivity contribution in [3.05, 3.63) is 28.3 Å². The first-order valence-electron chi connectivity index (χ1n) is 5.07. The summed E-state index contributed by atoms with van der Waals surface area (Å²) >= 11 is 5.80. The van der Waals surface area contributed by atoms with Gasteiger partial charge in [0.1, 0.15) is 5.75 Å². The zero-order chi connectivity index (χ0) is 14.0. The topological polar surface area (TPSA) is 121 Å². The number of ketones is 1. The summed E-state index contributed by atoms with van der Waals surface area (Å²) in [6.07, 6.45) is 0. The second-order valence-corrected chi connectivity index (χ2v) is 4.05. The number of hydrogen-bond acceptors (Lipinski definition) is 6. The van der Waals surface area contributed by atoms with Gasteiger partial charge in [0, 0.05) is 5.02 Å². The summed E-state index contributed by atoms with van der Waals surface area (Å²) in [6.45, 7) is 1.26. The lowest BCUT2D eigenvalue weighted by Crippen LogP contribution is -2.14. The molecule has 19 heavy (non-hydrogen) atoms. The van der Waals surface area contributed by atoms with Crippen molar-refractivity contribution in [2.24, 2.45) is 0 Å². The van der Waals surface area contributed by atoms with Crippen LogP contribution in [0.3, 0.4) is 0 Å². The second kappa shape index (κ2) is 5.02. The van der Waals surface area contributed by atoms with Gasteiger partial charge in [0.15, 0.2) is 5.78 Å². The molecule has 0 aliphatic carbocycles. The number of Topliss-reactive ketones (excluding diaryl/α,β-unsaturated/α-hetero) is 1. The Morgan fingerprint density at radius 3 is 2.63 bits per heavy atom. The lowest BCUT2D eigenvalue weighted by molar-refractivity contribution is 0.101. The Kier molecular flexibility index (Phi) is 3.43. The average Bonchev–Trinajstić information content (AvgIpc) is 2.84. The van der Waals surface area contributed by atoms with Crippen molar-refractivity contribution < 1.29 is 14.7 Å². The number of phenolic OH excluding ortho intramolecular Hbond substituents is 1. The van der Waals surface area contributed by atoms with Crippen LogP contribution in [0.1, 0.15) is 27.6 Å². The number of hydrogen-bond donors (Lipinski definition) is 3. The standard InChI is InChI=1S/C10H8ClN5O3/c1-4(17)6-2-5(11)3-7(8(6)18)9(19)12-10-13-15-16-14-10/h2-3,18H,1H3,(H2,12,13,14,15,16,19). The minimum absolute atomic E-state index is 0.00810. The summed E-state index contributed by atoms with van der Waals surface area (Å²) in [5.41, 5.74) is -0.178. The molecule has 0 bridgehead atoms. The number of benzene rings is 1. The van der Waals surface area contributed by atoms with Crippen molar-refractivity contribution in [3.8, 4) is 5.75 Å². The number of amides is 1. The van der Waals surface area contributed by atoms with Crippen LogP contribution in [0.15, 0.2) is 12.1 Å². The Morgan fingerprint density at radius 2 is 2.05 bits per heavy atom. The van der Waals surface area contributed by atoms with Gasteiger partial charge in [-0.1, -0.05) is 16.7 Å². The number of phenols is 1. The van der Waals surface area contributed by atoms with Crippen molar-refractivity contribution in [1.82, 2.24) is 20.6 Å². The van der Waals surface area contributed by atoms with E-state index in [4.69, 9.17) is 11.6 Å². The van der Waals surface area contributed by atoms with Gasteiger partial charge in [0.2, 0.25) is 5.95 Å². The van der Waals surface area contributed by atoms with Gasteiger partial charge in [-0.3, -0.25) is 14.9 Å². The molecule has 3 N–H and O–H groups in total. The van der Waals surface area contributed by atoms with Crippen molar-refractivity contribution in [2.45, 2.75) is 6.92 Å². The molecule has 8 nitrogen and oxygen atoms in total. The monoisotopic (exact) mass is 281 g/mol. The zero-order valence-electron chi connectivity index (χ0n) is 9.64. The van der Waals surface area contributed by atoms with E-state index in [0.29, 0.717) is 0 Å². The van der Waals surface area contributed by atoms with Crippen molar-refractivity contribution in [2.75, 3.05) is 5.32 Å². The minimum Gasteiger partial charge on any atom is -0.506 e. The van der Waals surface area contributed by atoms with Crippen LogP contribution in [0, 0.1) is 0 Å². The number of H-pyrrole nitrogens is 1. The molecule has 0 atom stereocenters. The molecule has 0 fully saturated rings. The Balaban J connectivity index is 2.39. The number of carbonyl (C=O) groups is 2. The number of anilines is 1. The first-order valence-corrected chi connectivity index (χ1v) is 5.45. The van der Waals surface area contributed by atoms with E-state index in [0.717, 1.165) is 0 Å². The molecule has 0 unspecified atom stereocenters. The van der Waals surface area contributed by atoms with Gasteiger partial charge < -0.3 is 5.11 Å². The Morgan fingerprint density at radius 1 is 1.37 bits per heavy atom. The van der Waals surface area contributed by atoms with E-state index in [1.807, 2.05) is 0 Å². The van der Waals surface area contributed by atoms with Crippen LogP contribution in [0.25, 0.3) is 0 Å². The fraction of sp³-hybridized carbons (Fsp3) is 0.100. The highest BCUT2D eigenvalue weighted by Crippen LogP contribution is 2.28. The largest absolute Gasteiger partial charge is 0.506 e. The normalized spacial score (nSPS) is 10.2. The molecule has 0 spiro atoms. The van der Waals surface area contributed by atoms with Gasteiger partial charge in [0.05, 0.1) is 11.1 Å². The van der Waals surface area contributed by atoms with E-state index in [1.54, 1.807) is 0 Å². The number of rotatable bonds is 3. The van der Waals surface area contributed by atoms with E-state index >= 15 is 0 Å². The number of halogens is 1. The van der Waals surface area contributed by atoms with E-state index in [9.17, 15) is 14.7 Å². The van der Waals surface area contributed by atoms with Crippen molar-refractivity contribution in [1.29, 1.82) is 0 Å². The highest BCUT2D eigenvalue weighted by Gasteiger charge is 2.19. The van der Waals surface area contributed by atoms with Crippen molar-refractivity contribution >= 4 is 29.2 Å². The lowest BCUT2D eigenvalue weighted by atomic mass is 10.1. The maximum Gasteiger partial charge on any atom is 0.261 e. The zero-order valence-corrected chi connectivity index (χ0v) is 10.4. The van der Waals surface area contributed by atoms with Crippen LogP contribution in [0.5, 0.6) is 5.75 Å². The third-order valence-electron chi connectivity index (χ3n) is 2.28. The molecule has 1 aromatic heterocycles. The number of nitrogens with zero attached hydrogens (tertiary/aromatic N) is 3. The van der Waals surface area contributed by atoms with Gasteiger partial charge in [-0.2, -0.15) is 0 Å². The van der Waals surface area contributed by atoms with E-state index < -0.39 is 17.4 Å². The number of aromatic nitrogens is 4. The molecule has 0 saturated carbocycles. The molecule has 98 valence electrons. The molecule has 1 aromatic carbocycles. The molecular formula is C10H8ClN5O3. The summed E-state index contributed by atoms with van der Waals surface area (Å²) in [5, 5.41) is 24.7. The van der Waals surface area contributed by atoms with Gasteiger partial charge in [0.25, 0.3) is 5.91 Å². The van der Waals surface area contributed by atoms with E-state index in [2.05, 4.69) is 25.9 Å². The molecule has 2 aromatic rings. The first kappa shape index (κ1) is 13.0. The number of tetrazole rings is 1. The SMILES string of the molecule is CC(=O)c1cc(Cl)cc(C(=O)Nc2nnn[nH]2)c1O. The molecule has 1 amide bonds. The summed E-state index contributed by atoms with van der Waals surface area (Å²) in [6, 6.07) is 2.52. The third-order valence-corrected chi connectivity index (χ3v) is 2.49. The summed E-state index contributed by atoms with van der Waals surface area (Å²) in [7, 11) is 0.